The van der Waals surface area contributed by atoms with Crippen LogP contribution >= 0.6 is 11.8 Å². The SMILES string of the molecule is CC(C)c1ncn(Cc2cccnc2)c1Sc1cc(F)cc(F)c1. The van der Waals surface area contributed by atoms with E-state index in [-0.39, 0.29) is 5.92 Å². The van der Waals surface area contributed by atoms with Crippen LogP contribution in [0.15, 0.2) is 59.0 Å². The normalized spacial score (nSPS) is 11.2. The van der Waals surface area contributed by atoms with Gasteiger partial charge >= 0.3 is 0 Å². The Morgan fingerprint density at radius 2 is 1.92 bits per heavy atom. The standard InChI is InChI=1S/C18H17F2N3S/c1-12(2)17-18(24-16-7-14(19)6-15(20)8-16)23(11-22-17)10-13-4-3-5-21-9-13/h3-9,11-12H,10H2,1-2H3. The van der Waals surface area contributed by atoms with Crippen molar-refractivity contribution in [2.75, 3.05) is 0 Å². The van der Waals surface area contributed by atoms with Gasteiger partial charge in [0.15, 0.2) is 0 Å². The number of pyridine rings is 1. The van der Waals surface area contributed by atoms with Crippen LogP contribution in [0.25, 0.3) is 0 Å². The maximum absolute atomic E-state index is 13.5. The largest absolute Gasteiger partial charge is 0.321 e. The van der Waals surface area contributed by atoms with Crippen LogP contribution in [0.3, 0.4) is 0 Å². The lowest BCUT2D eigenvalue weighted by molar-refractivity contribution is 0.577. The lowest BCUT2D eigenvalue weighted by atomic mass is 10.1. The van der Waals surface area contributed by atoms with Gasteiger partial charge in [0.1, 0.15) is 16.7 Å². The van der Waals surface area contributed by atoms with Gasteiger partial charge in [-0.25, -0.2) is 13.8 Å². The number of imidazole rings is 1. The van der Waals surface area contributed by atoms with E-state index in [1.165, 1.54) is 23.9 Å². The Labute approximate surface area is 143 Å². The van der Waals surface area contributed by atoms with Gasteiger partial charge in [-0.3, -0.25) is 4.98 Å². The Balaban J connectivity index is 1.96. The number of nitrogens with zero attached hydrogens (tertiary/aromatic N) is 3. The van der Waals surface area contributed by atoms with Gasteiger partial charge in [0.25, 0.3) is 0 Å². The molecule has 6 heteroatoms. The summed E-state index contributed by atoms with van der Waals surface area (Å²) in [5.41, 5.74) is 1.95. The van der Waals surface area contributed by atoms with E-state index in [1.54, 1.807) is 18.7 Å². The smallest absolute Gasteiger partial charge is 0.127 e. The molecule has 0 atom stereocenters. The number of rotatable bonds is 5. The maximum atomic E-state index is 13.5. The first-order valence-electron chi connectivity index (χ1n) is 7.61. The van der Waals surface area contributed by atoms with Crippen molar-refractivity contribution in [2.24, 2.45) is 0 Å². The summed E-state index contributed by atoms with van der Waals surface area (Å²) >= 11 is 1.32. The van der Waals surface area contributed by atoms with Gasteiger partial charge in [-0.1, -0.05) is 31.7 Å². The molecule has 0 spiro atoms. The Hall–Kier alpha value is -2.21. The first-order valence-corrected chi connectivity index (χ1v) is 8.42. The van der Waals surface area contributed by atoms with E-state index >= 15 is 0 Å². The Kier molecular flexibility index (Phi) is 4.94. The summed E-state index contributed by atoms with van der Waals surface area (Å²) in [6, 6.07) is 7.40. The zero-order chi connectivity index (χ0) is 17.1. The average Bonchev–Trinajstić information content (AvgIpc) is 2.90. The monoisotopic (exact) mass is 345 g/mol. The van der Waals surface area contributed by atoms with E-state index in [2.05, 4.69) is 9.97 Å². The Bertz CT molecular complexity index is 811. The van der Waals surface area contributed by atoms with Gasteiger partial charge in [-0.2, -0.15) is 0 Å². The minimum atomic E-state index is -0.582. The average molecular weight is 345 g/mol. The Morgan fingerprint density at radius 3 is 2.54 bits per heavy atom. The molecular weight excluding hydrogens is 328 g/mol. The molecule has 2 aromatic heterocycles. The summed E-state index contributed by atoms with van der Waals surface area (Å²) in [4.78, 5) is 9.12. The number of hydrogen-bond donors (Lipinski definition) is 0. The third-order valence-corrected chi connectivity index (χ3v) is 4.60. The molecule has 0 bridgehead atoms. The summed E-state index contributed by atoms with van der Waals surface area (Å²) in [5.74, 6) is -0.954. The van der Waals surface area contributed by atoms with Crippen molar-refractivity contribution in [1.82, 2.24) is 14.5 Å². The van der Waals surface area contributed by atoms with Crippen LogP contribution in [0, 0.1) is 11.6 Å². The van der Waals surface area contributed by atoms with Crippen molar-refractivity contribution in [1.29, 1.82) is 0 Å². The van der Waals surface area contributed by atoms with Crippen molar-refractivity contribution in [2.45, 2.75) is 36.2 Å². The number of aromatic nitrogens is 3. The predicted octanol–water partition coefficient (Wildman–Crippen LogP) is 4.88. The first kappa shape index (κ1) is 16.6. The highest BCUT2D eigenvalue weighted by Crippen LogP contribution is 2.34. The van der Waals surface area contributed by atoms with Gasteiger partial charge in [0.05, 0.1) is 18.6 Å². The van der Waals surface area contributed by atoms with E-state index in [0.717, 1.165) is 22.3 Å². The van der Waals surface area contributed by atoms with Crippen LogP contribution in [0.1, 0.15) is 31.0 Å². The van der Waals surface area contributed by atoms with Crippen LogP contribution < -0.4 is 0 Å². The summed E-state index contributed by atoms with van der Waals surface area (Å²) in [6.07, 6.45) is 5.29. The maximum Gasteiger partial charge on any atom is 0.127 e. The highest BCUT2D eigenvalue weighted by molar-refractivity contribution is 7.99. The number of benzene rings is 1. The third kappa shape index (κ3) is 3.82. The van der Waals surface area contributed by atoms with E-state index in [4.69, 9.17) is 0 Å². The van der Waals surface area contributed by atoms with Gasteiger partial charge in [0, 0.05) is 23.4 Å². The van der Waals surface area contributed by atoms with Crippen LogP contribution in [0.2, 0.25) is 0 Å². The minimum Gasteiger partial charge on any atom is -0.321 e. The summed E-state index contributed by atoms with van der Waals surface area (Å²) < 4.78 is 28.9. The first-order chi connectivity index (χ1) is 11.5. The van der Waals surface area contributed by atoms with Gasteiger partial charge in [-0.05, 0) is 29.7 Å². The molecule has 3 aromatic rings. The molecule has 124 valence electrons. The predicted molar refractivity (Wildman–Crippen MR) is 90.1 cm³/mol. The Morgan fingerprint density at radius 1 is 1.17 bits per heavy atom. The highest BCUT2D eigenvalue weighted by Gasteiger charge is 2.16. The zero-order valence-corrected chi connectivity index (χ0v) is 14.2. The highest BCUT2D eigenvalue weighted by atomic mass is 32.2. The van der Waals surface area contributed by atoms with Gasteiger partial charge in [0.2, 0.25) is 0 Å². The fourth-order valence-corrected chi connectivity index (χ4v) is 3.58. The summed E-state index contributed by atoms with van der Waals surface area (Å²) in [7, 11) is 0. The molecule has 0 saturated carbocycles. The molecule has 24 heavy (non-hydrogen) atoms. The lowest BCUT2D eigenvalue weighted by Gasteiger charge is -2.11. The zero-order valence-electron chi connectivity index (χ0n) is 13.4. The second-order valence-corrected chi connectivity index (χ2v) is 6.85. The quantitative estimate of drug-likeness (QED) is 0.660. The van der Waals surface area contributed by atoms with Crippen molar-refractivity contribution >= 4 is 11.8 Å². The van der Waals surface area contributed by atoms with E-state index in [9.17, 15) is 8.78 Å². The number of hydrogen-bond acceptors (Lipinski definition) is 3. The van der Waals surface area contributed by atoms with E-state index < -0.39 is 11.6 Å². The van der Waals surface area contributed by atoms with E-state index in [1.807, 2.05) is 30.5 Å². The molecule has 2 heterocycles. The topological polar surface area (TPSA) is 30.7 Å². The molecule has 3 nitrogen and oxygen atoms in total. The van der Waals surface area contributed by atoms with Crippen LogP contribution in [0.5, 0.6) is 0 Å². The molecule has 1 aromatic carbocycles. The molecule has 0 aliphatic rings. The molecule has 0 radical (unpaired) electrons. The fraction of sp³-hybridized carbons (Fsp3) is 0.222. The summed E-state index contributed by atoms with van der Waals surface area (Å²) in [6.45, 7) is 4.70. The molecular formula is C18H17F2N3S. The van der Waals surface area contributed by atoms with Crippen molar-refractivity contribution in [3.8, 4) is 0 Å². The summed E-state index contributed by atoms with van der Waals surface area (Å²) in [5, 5.41) is 0.888. The second-order valence-electron chi connectivity index (χ2n) is 5.79. The number of halogens is 2. The van der Waals surface area contributed by atoms with Crippen molar-refractivity contribution < 1.29 is 8.78 Å². The molecule has 0 amide bonds. The molecule has 0 aliphatic heterocycles. The molecule has 0 saturated heterocycles. The third-order valence-electron chi connectivity index (χ3n) is 3.49. The van der Waals surface area contributed by atoms with Crippen molar-refractivity contribution in [3.63, 3.8) is 0 Å². The second kappa shape index (κ2) is 7.13. The molecule has 3 rings (SSSR count). The van der Waals surface area contributed by atoms with Gasteiger partial charge in [-0.15, -0.1) is 0 Å². The van der Waals surface area contributed by atoms with Gasteiger partial charge < -0.3 is 4.57 Å². The van der Waals surface area contributed by atoms with Crippen molar-refractivity contribution in [3.05, 3.63) is 71.9 Å². The molecule has 0 aliphatic carbocycles. The van der Waals surface area contributed by atoms with Crippen LogP contribution in [-0.4, -0.2) is 14.5 Å². The minimum absolute atomic E-state index is 0.209. The fourth-order valence-electron chi connectivity index (χ4n) is 2.39. The molecule has 0 fully saturated rings. The van der Waals surface area contributed by atoms with E-state index in [0.29, 0.717) is 11.4 Å². The molecule has 0 unspecified atom stereocenters. The van der Waals surface area contributed by atoms with Crippen LogP contribution in [0.4, 0.5) is 8.78 Å². The lowest BCUT2D eigenvalue weighted by Crippen LogP contribution is -2.02. The molecule has 0 N–H and O–H groups in total. The van der Waals surface area contributed by atoms with Crippen LogP contribution in [-0.2, 0) is 6.54 Å².